The van der Waals surface area contributed by atoms with Crippen LogP contribution in [0.15, 0.2) is 30.5 Å². The Morgan fingerprint density at radius 3 is 2.59 bits per heavy atom. The molecule has 4 heteroatoms. The number of nitrogens with one attached hydrogen (secondary N) is 1. The monoisotopic (exact) mass is 264 g/mol. The fourth-order valence-corrected chi connectivity index (χ4v) is 3.21. The summed E-state index contributed by atoms with van der Waals surface area (Å²) < 4.78 is 0.761. The molecule has 17 heavy (non-hydrogen) atoms. The van der Waals surface area contributed by atoms with E-state index in [0.717, 1.165) is 28.7 Å². The summed E-state index contributed by atoms with van der Waals surface area (Å²) in [5.74, 6) is 0. The molecule has 3 rings (SSSR count). The smallest absolute Gasteiger partial charge is 0.113 e. The molecule has 0 unspecified atom stereocenters. The predicted octanol–water partition coefficient (Wildman–Crippen LogP) is 3.05. The maximum Gasteiger partial charge on any atom is 0.113 e. The number of thiazole rings is 1. The van der Waals surface area contributed by atoms with Crippen molar-refractivity contribution in [1.29, 1.82) is 0 Å². The number of nitrogens with zero attached hydrogens (tertiary/aromatic N) is 1. The molecule has 1 N–H and O–H groups in total. The van der Waals surface area contributed by atoms with Crippen molar-refractivity contribution in [1.82, 2.24) is 10.3 Å². The van der Waals surface area contributed by atoms with Crippen molar-refractivity contribution < 1.29 is 0 Å². The Morgan fingerprint density at radius 1 is 1.29 bits per heavy atom. The second kappa shape index (κ2) is 4.77. The largest absolute Gasteiger partial charge is 0.307 e. The first-order chi connectivity index (χ1) is 8.31. The second-order valence-corrected chi connectivity index (χ2v) is 6.06. The van der Waals surface area contributed by atoms with Crippen LogP contribution in [0.1, 0.15) is 16.1 Å². The summed E-state index contributed by atoms with van der Waals surface area (Å²) in [6.07, 6.45) is 3.96. The molecule has 0 amide bonds. The first-order valence-electron chi connectivity index (χ1n) is 5.71. The van der Waals surface area contributed by atoms with Gasteiger partial charge in [0, 0.05) is 12.6 Å². The number of hydrogen-bond acceptors (Lipinski definition) is 3. The number of benzene rings is 1. The van der Waals surface area contributed by atoms with E-state index >= 15 is 0 Å². The van der Waals surface area contributed by atoms with E-state index in [1.807, 2.05) is 0 Å². The summed E-state index contributed by atoms with van der Waals surface area (Å²) in [5, 5.41) is 4.61. The quantitative estimate of drug-likeness (QED) is 0.922. The van der Waals surface area contributed by atoms with Gasteiger partial charge in [-0.3, -0.25) is 0 Å². The van der Waals surface area contributed by atoms with Crippen LogP contribution in [0.3, 0.4) is 0 Å². The molecule has 0 saturated heterocycles. The fraction of sp³-hybridized carbons (Fsp3) is 0.308. The van der Waals surface area contributed by atoms with Crippen LogP contribution in [0.5, 0.6) is 0 Å². The van der Waals surface area contributed by atoms with E-state index in [1.165, 1.54) is 11.1 Å². The van der Waals surface area contributed by atoms with Gasteiger partial charge in [0.2, 0.25) is 0 Å². The van der Waals surface area contributed by atoms with Gasteiger partial charge < -0.3 is 5.32 Å². The molecule has 1 aromatic carbocycles. The number of hydrogen-bond donors (Lipinski definition) is 1. The van der Waals surface area contributed by atoms with Gasteiger partial charge in [-0.2, -0.15) is 0 Å². The van der Waals surface area contributed by atoms with Crippen LogP contribution in [0.25, 0.3) is 0 Å². The average molecular weight is 265 g/mol. The minimum atomic E-state index is 0.537. The average Bonchev–Trinajstić information content (AvgIpc) is 2.91. The van der Waals surface area contributed by atoms with Crippen LogP contribution < -0.4 is 5.32 Å². The van der Waals surface area contributed by atoms with Gasteiger partial charge in [0.15, 0.2) is 0 Å². The van der Waals surface area contributed by atoms with Gasteiger partial charge in [-0.05, 0) is 24.0 Å². The molecule has 0 saturated carbocycles. The van der Waals surface area contributed by atoms with Gasteiger partial charge in [0.1, 0.15) is 9.34 Å². The Labute approximate surface area is 110 Å². The molecule has 0 fully saturated rings. The number of fused-ring (bicyclic) bond motifs is 1. The zero-order valence-corrected chi connectivity index (χ0v) is 10.9. The summed E-state index contributed by atoms with van der Waals surface area (Å²) in [6.45, 7) is 0.816. The lowest BCUT2D eigenvalue weighted by molar-refractivity contribution is 0.532. The zero-order chi connectivity index (χ0) is 11.7. The van der Waals surface area contributed by atoms with E-state index in [9.17, 15) is 0 Å². The minimum absolute atomic E-state index is 0.537. The summed E-state index contributed by atoms with van der Waals surface area (Å²) >= 11 is 7.40. The lowest BCUT2D eigenvalue weighted by atomic mass is 10.1. The van der Waals surface area contributed by atoms with Crippen LogP contribution in [-0.2, 0) is 19.4 Å². The zero-order valence-electron chi connectivity index (χ0n) is 9.32. The Balaban J connectivity index is 1.59. The number of rotatable bonds is 3. The predicted molar refractivity (Wildman–Crippen MR) is 71.6 cm³/mol. The second-order valence-electron chi connectivity index (χ2n) is 4.31. The maximum absolute atomic E-state index is 5.86. The normalized spacial score (nSPS) is 15.1. The lowest BCUT2D eigenvalue weighted by Gasteiger charge is -2.09. The Bertz CT molecular complexity index is 499. The first-order valence-corrected chi connectivity index (χ1v) is 6.91. The van der Waals surface area contributed by atoms with Gasteiger partial charge in [0.25, 0.3) is 0 Å². The van der Waals surface area contributed by atoms with E-state index < -0.39 is 0 Å². The maximum atomic E-state index is 5.86. The van der Waals surface area contributed by atoms with Crippen LogP contribution in [0, 0.1) is 0 Å². The van der Waals surface area contributed by atoms with Gasteiger partial charge >= 0.3 is 0 Å². The van der Waals surface area contributed by atoms with E-state index in [0.29, 0.717) is 6.04 Å². The molecule has 1 aromatic heterocycles. The molecule has 2 nitrogen and oxygen atoms in total. The third-order valence-corrected chi connectivity index (χ3v) is 4.23. The highest BCUT2D eigenvalue weighted by molar-refractivity contribution is 7.15. The molecule has 0 bridgehead atoms. The summed E-state index contributed by atoms with van der Waals surface area (Å²) in [5.41, 5.74) is 2.95. The molecule has 0 spiro atoms. The van der Waals surface area contributed by atoms with Crippen molar-refractivity contribution in [3.05, 3.63) is 50.9 Å². The number of halogens is 1. The van der Waals surface area contributed by atoms with Crippen molar-refractivity contribution >= 4 is 22.9 Å². The summed E-state index contributed by atoms with van der Waals surface area (Å²) in [6, 6.07) is 9.20. The standard InChI is InChI=1S/C13H13ClN2S/c14-12-7-16-13(17-12)8-15-11-5-9-3-1-2-4-10(9)6-11/h1-4,7,11,15H,5-6,8H2. The fourth-order valence-electron chi connectivity index (χ4n) is 2.30. The highest BCUT2D eigenvalue weighted by Gasteiger charge is 2.20. The van der Waals surface area contributed by atoms with Crippen LogP contribution >= 0.6 is 22.9 Å². The molecule has 0 aliphatic heterocycles. The van der Waals surface area contributed by atoms with Crippen molar-refractivity contribution in [2.75, 3.05) is 0 Å². The van der Waals surface area contributed by atoms with Crippen molar-refractivity contribution in [2.24, 2.45) is 0 Å². The topological polar surface area (TPSA) is 24.9 Å². The molecule has 1 heterocycles. The molecule has 0 radical (unpaired) electrons. The van der Waals surface area contributed by atoms with Crippen LogP contribution in [0.2, 0.25) is 4.34 Å². The molecule has 1 aliphatic carbocycles. The first kappa shape index (κ1) is 11.2. The van der Waals surface area contributed by atoms with Crippen molar-refractivity contribution in [3.63, 3.8) is 0 Å². The minimum Gasteiger partial charge on any atom is -0.307 e. The van der Waals surface area contributed by atoms with Crippen LogP contribution in [-0.4, -0.2) is 11.0 Å². The van der Waals surface area contributed by atoms with Crippen LogP contribution in [0.4, 0.5) is 0 Å². The Hall–Kier alpha value is -0.900. The van der Waals surface area contributed by atoms with Crippen molar-refractivity contribution in [2.45, 2.75) is 25.4 Å². The SMILES string of the molecule is Clc1cnc(CNC2Cc3ccccc3C2)s1. The van der Waals surface area contributed by atoms with E-state index in [2.05, 4.69) is 34.6 Å². The molecule has 88 valence electrons. The van der Waals surface area contributed by atoms with E-state index in [-0.39, 0.29) is 0 Å². The third-order valence-electron chi connectivity index (χ3n) is 3.12. The molecule has 0 atom stereocenters. The van der Waals surface area contributed by atoms with E-state index in [1.54, 1.807) is 17.5 Å². The molecular formula is C13H13ClN2S. The van der Waals surface area contributed by atoms with Gasteiger partial charge in [-0.25, -0.2) is 4.98 Å². The molecule has 1 aliphatic rings. The van der Waals surface area contributed by atoms with Gasteiger partial charge in [0.05, 0.1) is 6.20 Å². The Kier molecular flexibility index (Phi) is 3.14. The van der Waals surface area contributed by atoms with Gasteiger partial charge in [-0.15, -0.1) is 11.3 Å². The summed E-state index contributed by atoms with van der Waals surface area (Å²) in [4.78, 5) is 4.25. The highest BCUT2D eigenvalue weighted by Crippen LogP contribution is 2.23. The molecular weight excluding hydrogens is 252 g/mol. The Morgan fingerprint density at radius 2 is 2.00 bits per heavy atom. The number of aromatic nitrogens is 1. The van der Waals surface area contributed by atoms with E-state index in [4.69, 9.17) is 11.6 Å². The highest BCUT2D eigenvalue weighted by atomic mass is 35.5. The lowest BCUT2D eigenvalue weighted by Crippen LogP contribution is -2.28. The van der Waals surface area contributed by atoms with Crippen molar-refractivity contribution in [3.8, 4) is 0 Å². The molecule has 2 aromatic rings. The van der Waals surface area contributed by atoms with Gasteiger partial charge in [-0.1, -0.05) is 35.9 Å². The summed E-state index contributed by atoms with van der Waals surface area (Å²) in [7, 11) is 0. The third kappa shape index (κ3) is 2.51.